The Morgan fingerprint density at radius 2 is 1.95 bits per heavy atom. The average molecular weight is 302 g/mol. The number of benzene rings is 1. The summed E-state index contributed by atoms with van der Waals surface area (Å²) in [5.41, 5.74) is -0.141. The van der Waals surface area contributed by atoms with E-state index < -0.39 is 11.7 Å². The molecule has 1 aromatic rings. The van der Waals surface area contributed by atoms with Crippen LogP contribution in [0.15, 0.2) is 18.2 Å². The normalized spacial score (nSPS) is 13.0. The van der Waals surface area contributed by atoms with Crippen LogP contribution < -0.4 is 4.74 Å². The minimum Gasteiger partial charge on any atom is -0.494 e. The monoisotopic (exact) mass is 302 g/mol. The van der Waals surface area contributed by atoms with Gasteiger partial charge < -0.3 is 9.53 Å². The summed E-state index contributed by atoms with van der Waals surface area (Å²) in [5, 5.41) is 0. The number of ketones is 1. The Labute approximate surface area is 123 Å². The van der Waals surface area contributed by atoms with Gasteiger partial charge in [-0.15, -0.1) is 0 Å². The molecule has 1 rings (SSSR count). The van der Waals surface area contributed by atoms with E-state index in [0.29, 0.717) is 37.2 Å². The second kappa shape index (κ2) is 7.48. The van der Waals surface area contributed by atoms with E-state index in [4.69, 9.17) is 4.74 Å². The number of rotatable bonds is 7. The van der Waals surface area contributed by atoms with Gasteiger partial charge in [-0.3, -0.25) is 0 Å². The third-order valence-electron chi connectivity index (χ3n) is 3.41. The predicted molar refractivity (Wildman–Crippen MR) is 75.6 cm³/mol. The molecule has 1 atom stereocenters. The minimum atomic E-state index is -4.38. The first kappa shape index (κ1) is 17.5. The summed E-state index contributed by atoms with van der Waals surface area (Å²) < 4.78 is 44.1. The van der Waals surface area contributed by atoms with Crippen molar-refractivity contribution in [1.29, 1.82) is 0 Å². The van der Waals surface area contributed by atoms with E-state index in [2.05, 4.69) is 0 Å². The molecule has 118 valence electrons. The summed E-state index contributed by atoms with van der Waals surface area (Å²) in [6.07, 6.45) is -2.82. The van der Waals surface area contributed by atoms with Crippen molar-refractivity contribution in [1.82, 2.24) is 0 Å². The highest BCUT2D eigenvalue weighted by molar-refractivity contribution is 5.75. The first-order chi connectivity index (χ1) is 9.79. The van der Waals surface area contributed by atoms with Crippen molar-refractivity contribution in [3.05, 3.63) is 29.3 Å². The Hall–Kier alpha value is -1.52. The lowest BCUT2D eigenvalue weighted by molar-refractivity contribution is -0.137. The molecule has 0 heterocycles. The molecule has 5 heteroatoms. The lowest BCUT2D eigenvalue weighted by Crippen LogP contribution is -2.09. The molecule has 0 amide bonds. The summed E-state index contributed by atoms with van der Waals surface area (Å²) in [7, 11) is 0. The molecule has 1 unspecified atom stereocenters. The van der Waals surface area contributed by atoms with Crippen LogP contribution in [0.25, 0.3) is 0 Å². The van der Waals surface area contributed by atoms with Gasteiger partial charge in [-0.25, -0.2) is 0 Å². The fraction of sp³-hybridized carbons (Fsp3) is 0.562. The van der Waals surface area contributed by atoms with Gasteiger partial charge in [0.15, 0.2) is 0 Å². The second-order valence-corrected chi connectivity index (χ2v) is 5.03. The molecule has 0 saturated heterocycles. The fourth-order valence-corrected chi connectivity index (χ4v) is 2.29. The van der Waals surface area contributed by atoms with E-state index in [1.807, 2.05) is 6.92 Å². The van der Waals surface area contributed by atoms with Crippen LogP contribution in [0.1, 0.15) is 57.1 Å². The Morgan fingerprint density at radius 3 is 2.43 bits per heavy atom. The first-order valence-corrected chi connectivity index (χ1v) is 7.12. The average Bonchev–Trinajstić information content (AvgIpc) is 2.39. The highest BCUT2D eigenvalue weighted by Gasteiger charge is 2.32. The Kier molecular flexibility index (Phi) is 6.24. The molecule has 0 radical (unpaired) electrons. The molecule has 0 fully saturated rings. The molecule has 0 N–H and O–H groups in total. The van der Waals surface area contributed by atoms with Gasteiger partial charge in [0.2, 0.25) is 0 Å². The van der Waals surface area contributed by atoms with E-state index in [-0.39, 0.29) is 11.7 Å². The van der Waals surface area contributed by atoms with Gasteiger partial charge in [0.05, 0.1) is 12.2 Å². The van der Waals surface area contributed by atoms with Crippen molar-refractivity contribution < 1.29 is 22.7 Å². The number of hydrogen-bond acceptors (Lipinski definition) is 2. The molecule has 0 saturated carbocycles. The zero-order valence-electron chi connectivity index (χ0n) is 12.6. The van der Waals surface area contributed by atoms with Crippen molar-refractivity contribution in [3.63, 3.8) is 0 Å². The summed E-state index contributed by atoms with van der Waals surface area (Å²) in [5.74, 6) is 0.400. The largest absolute Gasteiger partial charge is 0.494 e. The highest BCUT2D eigenvalue weighted by Crippen LogP contribution is 2.38. The number of carbonyl (C=O) groups excluding carboxylic acids is 1. The lowest BCUT2D eigenvalue weighted by atomic mass is 9.89. The summed E-state index contributed by atoms with van der Waals surface area (Å²) >= 11 is 0. The summed E-state index contributed by atoms with van der Waals surface area (Å²) in [6.45, 7) is 5.57. The van der Waals surface area contributed by atoms with Gasteiger partial charge >= 0.3 is 6.18 Å². The van der Waals surface area contributed by atoms with Crippen molar-refractivity contribution in [2.24, 2.45) is 0 Å². The van der Waals surface area contributed by atoms with E-state index in [9.17, 15) is 18.0 Å². The third kappa shape index (κ3) is 5.06. The number of ether oxygens (including phenoxy) is 1. The number of halogens is 3. The molecule has 0 aromatic heterocycles. The quantitative estimate of drug-likeness (QED) is 0.711. The molecular formula is C16H21F3O2. The molecule has 0 bridgehead atoms. The van der Waals surface area contributed by atoms with Gasteiger partial charge in [0, 0.05) is 6.42 Å². The van der Waals surface area contributed by atoms with Gasteiger partial charge in [-0.1, -0.05) is 6.92 Å². The smallest absolute Gasteiger partial charge is 0.416 e. The maximum absolute atomic E-state index is 12.9. The molecule has 0 aliphatic heterocycles. The van der Waals surface area contributed by atoms with Crippen LogP contribution in [0.4, 0.5) is 13.2 Å². The van der Waals surface area contributed by atoms with Gasteiger partial charge in [0.25, 0.3) is 0 Å². The SMILES string of the molecule is CCOc1ccc(C(F)(F)F)cc1C(CC)CCC(C)=O. The van der Waals surface area contributed by atoms with Crippen LogP contribution in [0, 0.1) is 0 Å². The van der Waals surface area contributed by atoms with E-state index in [0.717, 1.165) is 12.1 Å². The fourth-order valence-electron chi connectivity index (χ4n) is 2.29. The Balaban J connectivity index is 3.16. The lowest BCUT2D eigenvalue weighted by Gasteiger charge is -2.20. The van der Waals surface area contributed by atoms with E-state index in [1.165, 1.54) is 13.0 Å². The zero-order chi connectivity index (χ0) is 16.0. The van der Waals surface area contributed by atoms with Crippen molar-refractivity contribution in [3.8, 4) is 5.75 Å². The van der Waals surface area contributed by atoms with E-state index in [1.54, 1.807) is 6.92 Å². The summed E-state index contributed by atoms with van der Waals surface area (Å²) in [6, 6.07) is 3.56. The van der Waals surface area contributed by atoms with Crippen LogP contribution in [-0.4, -0.2) is 12.4 Å². The molecule has 0 aliphatic carbocycles. The number of alkyl halides is 3. The van der Waals surface area contributed by atoms with E-state index >= 15 is 0 Å². The van der Waals surface area contributed by atoms with Crippen molar-refractivity contribution in [2.75, 3.05) is 6.61 Å². The molecular weight excluding hydrogens is 281 g/mol. The standard InChI is InChI=1S/C16H21F3O2/c1-4-12(7-6-11(3)20)14-10-13(16(17,18)19)8-9-15(14)21-5-2/h8-10,12H,4-7H2,1-3H3. The minimum absolute atomic E-state index is 0.0402. The van der Waals surface area contributed by atoms with Gasteiger partial charge in [-0.05, 0) is 56.4 Å². The first-order valence-electron chi connectivity index (χ1n) is 7.12. The predicted octanol–water partition coefficient (Wildman–Crippen LogP) is 4.97. The Bertz CT molecular complexity index is 481. The molecule has 2 nitrogen and oxygen atoms in total. The van der Waals surface area contributed by atoms with Crippen molar-refractivity contribution in [2.45, 2.75) is 52.1 Å². The zero-order valence-corrected chi connectivity index (χ0v) is 12.6. The topological polar surface area (TPSA) is 26.3 Å². The molecule has 0 spiro atoms. The second-order valence-electron chi connectivity index (χ2n) is 5.03. The number of Topliss-reactive ketones (excluding diaryl/α,β-unsaturated/α-hetero) is 1. The molecule has 1 aromatic carbocycles. The molecule has 0 aliphatic rings. The number of carbonyl (C=O) groups is 1. The highest BCUT2D eigenvalue weighted by atomic mass is 19.4. The Morgan fingerprint density at radius 1 is 1.29 bits per heavy atom. The van der Waals surface area contributed by atoms with Gasteiger partial charge in [0.1, 0.15) is 11.5 Å². The third-order valence-corrected chi connectivity index (χ3v) is 3.41. The van der Waals surface area contributed by atoms with Crippen LogP contribution in [-0.2, 0) is 11.0 Å². The van der Waals surface area contributed by atoms with Gasteiger partial charge in [-0.2, -0.15) is 13.2 Å². The number of hydrogen-bond donors (Lipinski definition) is 0. The summed E-state index contributed by atoms with van der Waals surface area (Å²) in [4.78, 5) is 11.1. The van der Waals surface area contributed by atoms with Crippen LogP contribution in [0.5, 0.6) is 5.75 Å². The van der Waals surface area contributed by atoms with Crippen LogP contribution >= 0.6 is 0 Å². The van der Waals surface area contributed by atoms with Crippen LogP contribution in [0.2, 0.25) is 0 Å². The maximum Gasteiger partial charge on any atom is 0.416 e. The van der Waals surface area contributed by atoms with Crippen LogP contribution in [0.3, 0.4) is 0 Å². The molecule has 21 heavy (non-hydrogen) atoms. The van der Waals surface area contributed by atoms with Crippen molar-refractivity contribution >= 4 is 5.78 Å². The maximum atomic E-state index is 12.9.